The molecule has 0 amide bonds. The summed E-state index contributed by atoms with van der Waals surface area (Å²) in [4.78, 5) is 20.7. The number of hydrogen-bond donors (Lipinski definition) is 4. The molecule has 1 aromatic rings. The molecule has 37 heavy (non-hydrogen) atoms. The highest BCUT2D eigenvalue weighted by Crippen LogP contribution is 2.51. The minimum absolute atomic E-state index is 0.0696. The summed E-state index contributed by atoms with van der Waals surface area (Å²) in [5.41, 5.74) is 3.87. The van der Waals surface area contributed by atoms with Crippen LogP contribution in [0.4, 0.5) is 14.6 Å². The van der Waals surface area contributed by atoms with Gasteiger partial charge in [0.05, 0.1) is 12.4 Å². The zero-order valence-corrected chi connectivity index (χ0v) is 22.2. The molecule has 0 bridgehead atoms. The summed E-state index contributed by atoms with van der Waals surface area (Å²) < 4.78 is 61.2. The molecule has 4 rings (SSSR count). The van der Waals surface area contributed by atoms with Gasteiger partial charge in [-0.15, -0.1) is 0 Å². The number of aliphatic imine (C=N–C) groups is 1. The van der Waals surface area contributed by atoms with Crippen LogP contribution in [0.2, 0.25) is 0 Å². The Morgan fingerprint density at radius 1 is 1.46 bits per heavy atom. The van der Waals surface area contributed by atoms with Gasteiger partial charge in [-0.2, -0.15) is 0 Å². The monoisotopic (exact) mass is 548 g/mol. The molecule has 2 fully saturated rings. The molecule has 3 aliphatic rings. The first kappa shape index (κ1) is 27.9. The lowest BCUT2D eigenvalue weighted by Gasteiger charge is -2.28. The van der Waals surface area contributed by atoms with Gasteiger partial charge in [-0.1, -0.05) is 6.42 Å². The van der Waals surface area contributed by atoms with Crippen molar-refractivity contribution in [2.24, 2.45) is 10.7 Å². The van der Waals surface area contributed by atoms with Crippen LogP contribution in [0.5, 0.6) is 0 Å². The summed E-state index contributed by atoms with van der Waals surface area (Å²) in [5.74, 6) is -3.42. The first-order valence-corrected chi connectivity index (χ1v) is 14.4. The number of guanidine groups is 1. The Morgan fingerprint density at radius 3 is 2.81 bits per heavy atom. The molecule has 7 atom stereocenters. The van der Waals surface area contributed by atoms with E-state index in [1.165, 1.54) is 17.8 Å². The van der Waals surface area contributed by atoms with Crippen LogP contribution in [0, 0.1) is 0 Å². The van der Waals surface area contributed by atoms with Crippen molar-refractivity contribution in [3.05, 3.63) is 12.0 Å². The number of anilines is 1. The van der Waals surface area contributed by atoms with Gasteiger partial charge in [0.15, 0.2) is 18.4 Å². The summed E-state index contributed by atoms with van der Waals surface area (Å²) in [6.45, 7) is 4.29. The van der Waals surface area contributed by atoms with Crippen molar-refractivity contribution in [2.45, 2.75) is 94.9 Å². The van der Waals surface area contributed by atoms with Crippen LogP contribution in [-0.2, 0) is 23.4 Å². The SMILES string of the molecule is CC1N=C(N)Nc2c1ncn2[C@@H]1O[C@](F)(COP(C)(=O)N[C@@H](C)C(=O)OC2CCCCC2)[C@@H](F)[C@@]1(C)O. The normalized spacial score (nSPS) is 34.7. The van der Waals surface area contributed by atoms with Crippen molar-refractivity contribution in [2.75, 3.05) is 18.6 Å². The van der Waals surface area contributed by atoms with Crippen molar-refractivity contribution in [3.8, 4) is 0 Å². The molecule has 3 heterocycles. The van der Waals surface area contributed by atoms with E-state index in [2.05, 4.69) is 20.4 Å². The fourth-order valence-electron chi connectivity index (χ4n) is 4.88. The average Bonchev–Trinajstić information content (AvgIpc) is 3.31. The van der Waals surface area contributed by atoms with E-state index < -0.39 is 56.0 Å². The van der Waals surface area contributed by atoms with Crippen LogP contribution in [0.3, 0.4) is 0 Å². The number of hydrogen-bond acceptors (Lipinski definition) is 10. The Morgan fingerprint density at radius 2 is 2.14 bits per heavy atom. The van der Waals surface area contributed by atoms with Gasteiger partial charge in [0.1, 0.15) is 35.9 Å². The first-order valence-electron chi connectivity index (χ1n) is 12.3. The molecule has 2 aliphatic heterocycles. The fraction of sp³-hybridized carbons (Fsp3) is 0.773. The summed E-state index contributed by atoms with van der Waals surface area (Å²) >= 11 is 0. The van der Waals surface area contributed by atoms with Gasteiger partial charge < -0.3 is 30.2 Å². The van der Waals surface area contributed by atoms with Crippen molar-refractivity contribution in [3.63, 3.8) is 0 Å². The molecular formula is C22H35F2N6O6P. The molecule has 208 valence electrons. The van der Waals surface area contributed by atoms with E-state index >= 15 is 8.78 Å². The standard InChI is InChI=1S/C22H35F2N6O6P/c1-12-15-16(28-20(25)27-12)30(11-26-15)19-21(3,32)18(23)22(24,36-19)10-34-37(4,33)29-13(2)17(31)35-14-8-6-5-7-9-14/h11-14,18-19,32H,5-10H2,1-4H3,(H,29,33)(H3,25,27,28)/t12?,13-,18-,19+,21+,22+,37?/m0/s1. The van der Waals surface area contributed by atoms with E-state index in [0.29, 0.717) is 5.69 Å². The number of fused-ring (bicyclic) bond motifs is 1. The highest BCUT2D eigenvalue weighted by molar-refractivity contribution is 7.56. The second kappa shape index (κ2) is 10.2. The minimum atomic E-state index is -3.82. The summed E-state index contributed by atoms with van der Waals surface area (Å²) in [7, 11) is -3.82. The fourth-order valence-corrected chi connectivity index (χ4v) is 6.19. The van der Waals surface area contributed by atoms with Gasteiger partial charge in [-0.05, 0) is 46.5 Å². The topological polar surface area (TPSA) is 162 Å². The van der Waals surface area contributed by atoms with Gasteiger partial charge in [0.2, 0.25) is 0 Å². The number of halogens is 2. The van der Waals surface area contributed by atoms with E-state index in [4.69, 9.17) is 19.7 Å². The van der Waals surface area contributed by atoms with Gasteiger partial charge in [0, 0.05) is 6.66 Å². The van der Waals surface area contributed by atoms with Gasteiger partial charge in [-0.25, -0.2) is 23.8 Å². The largest absolute Gasteiger partial charge is 0.461 e. The van der Waals surface area contributed by atoms with Crippen LogP contribution in [0.1, 0.15) is 70.8 Å². The van der Waals surface area contributed by atoms with Crippen LogP contribution in [0.25, 0.3) is 0 Å². The summed E-state index contributed by atoms with van der Waals surface area (Å²) in [5, 5.41) is 16.2. The molecule has 2 unspecified atom stereocenters. The van der Waals surface area contributed by atoms with Crippen LogP contribution in [-0.4, -0.2) is 69.6 Å². The molecule has 1 saturated carbocycles. The van der Waals surface area contributed by atoms with E-state index in [9.17, 15) is 14.5 Å². The van der Waals surface area contributed by atoms with E-state index in [1.807, 2.05) is 0 Å². The van der Waals surface area contributed by atoms with Crippen molar-refractivity contribution < 1.29 is 37.2 Å². The number of esters is 1. The maximum absolute atomic E-state index is 15.7. The quantitative estimate of drug-likeness (QED) is 0.281. The second-order valence-corrected chi connectivity index (χ2v) is 12.4. The van der Waals surface area contributed by atoms with Gasteiger partial charge in [0.25, 0.3) is 13.4 Å². The molecule has 0 spiro atoms. The van der Waals surface area contributed by atoms with Gasteiger partial charge >= 0.3 is 5.97 Å². The lowest BCUT2D eigenvalue weighted by molar-refractivity contribution is -0.192. The molecular weight excluding hydrogens is 513 g/mol. The maximum atomic E-state index is 15.7. The van der Waals surface area contributed by atoms with Crippen molar-refractivity contribution >= 4 is 25.3 Å². The number of aliphatic hydroxyl groups is 1. The number of imidazole rings is 1. The van der Waals surface area contributed by atoms with Crippen molar-refractivity contribution in [1.82, 2.24) is 14.6 Å². The number of nitrogens with one attached hydrogen (secondary N) is 2. The Kier molecular flexibility index (Phi) is 7.70. The highest BCUT2D eigenvalue weighted by atomic mass is 31.2. The number of carbonyl (C=O) groups excluding carboxylic acids is 1. The Hall–Kier alpha value is -2.12. The van der Waals surface area contributed by atoms with E-state index in [1.54, 1.807) is 6.92 Å². The third-order valence-electron chi connectivity index (χ3n) is 6.87. The van der Waals surface area contributed by atoms with E-state index in [0.717, 1.165) is 45.7 Å². The Balaban J connectivity index is 1.41. The maximum Gasteiger partial charge on any atom is 0.323 e. The number of nitrogens with zero attached hydrogens (tertiary/aromatic N) is 3. The predicted octanol–water partition coefficient (Wildman–Crippen LogP) is 2.66. The number of carbonyl (C=O) groups is 1. The van der Waals surface area contributed by atoms with Crippen molar-refractivity contribution in [1.29, 1.82) is 0 Å². The number of ether oxygens (including phenoxy) is 2. The zero-order valence-electron chi connectivity index (χ0n) is 21.3. The average molecular weight is 549 g/mol. The zero-order chi connectivity index (χ0) is 27.2. The highest BCUT2D eigenvalue weighted by Gasteiger charge is 2.65. The number of alkyl halides is 2. The molecule has 0 aromatic carbocycles. The minimum Gasteiger partial charge on any atom is -0.461 e. The predicted molar refractivity (Wildman–Crippen MR) is 130 cm³/mol. The third-order valence-corrected chi connectivity index (χ3v) is 8.35. The lowest BCUT2D eigenvalue weighted by Crippen LogP contribution is -2.46. The molecule has 0 radical (unpaired) electrons. The Bertz CT molecular complexity index is 1100. The number of nitrogens with two attached hydrogens (primary N) is 1. The molecule has 1 saturated heterocycles. The number of aromatic nitrogens is 2. The molecule has 1 aliphatic carbocycles. The molecule has 5 N–H and O–H groups in total. The van der Waals surface area contributed by atoms with E-state index in [-0.39, 0.29) is 17.9 Å². The lowest BCUT2D eigenvalue weighted by atomic mass is 9.96. The molecule has 12 nitrogen and oxygen atoms in total. The van der Waals surface area contributed by atoms with Gasteiger partial charge in [-0.3, -0.25) is 13.9 Å². The first-order chi connectivity index (χ1) is 17.2. The molecule has 1 aromatic heterocycles. The smallest absolute Gasteiger partial charge is 0.323 e. The van der Waals surface area contributed by atoms with Crippen LogP contribution >= 0.6 is 7.52 Å². The number of rotatable bonds is 8. The van der Waals surface area contributed by atoms with Crippen LogP contribution in [0.15, 0.2) is 11.3 Å². The Labute approximate surface area is 213 Å². The summed E-state index contributed by atoms with van der Waals surface area (Å²) in [6, 6.07) is -1.43. The van der Waals surface area contributed by atoms with Crippen LogP contribution < -0.4 is 16.1 Å². The summed E-state index contributed by atoms with van der Waals surface area (Å²) in [6.07, 6.45) is 1.51. The molecule has 15 heteroatoms. The second-order valence-electron chi connectivity index (χ2n) is 10.2. The third kappa shape index (κ3) is 5.68.